The van der Waals surface area contributed by atoms with E-state index in [0.717, 1.165) is 44.4 Å². The van der Waals surface area contributed by atoms with Gasteiger partial charge in [-0.15, -0.1) is 11.8 Å². The van der Waals surface area contributed by atoms with Gasteiger partial charge in [0.2, 0.25) is 5.95 Å². The number of benzene rings is 1. The highest BCUT2D eigenvalue weighted by molar-refractivity contribution is 8.01. The van der Waals surface area contributed by atoms with E-state index < -0.39 is 0 Å². The standard InChI is InChI=1S/C24H33N5S/c1-24(2)17-20-21(30-24)22(25-18-9-5-3-6-10-18)27-23(26-20)29-15-13-28(14-16-29)19-11-7-4-8-12-19/h4,7-8,11-12,18H,3,5-6,9-10,13-17H2,1-2H3,(H,25,26,27). The monoisotopic (exact) mass is 423 g/mol. The first-order chi connectivity index (χ1) is 14.6. The number of hydrogen-bond acceptors (Lipinski definition) is 6. The molecule has 5 rings (SSSR count). The highest BCUT2D eigenvalue weighted by Gasteiger charge is 2.35. The summed E-state index contributed by atoms with van der Waals surface area (Å²) in [5, 5.41) is 3.82. The number of para-hydroxylation sites is 1. The summed E-state index contributed by atoms with van der Waals surface area (Å²) in [7, 11) is 0. The fourth-order valence-corrected chi connectivity index (χ4v) is 6.11. The molecule has 0 atom stereocenters. The van der Waals surface area contributed by atoms with Crippen LogP contribution in [-0.4, -0.2) is 46.9 Å². The van der Waals surface area contributed by atoms with E-state index >= 15 is 0 Å². The molecule has 1 aromatic heterocycles. The number of piperazine rings is 1. The largest absolute Gasteiger partial charge is 0.368 e. The molecular formula is C24H33N5S. The highest BCUT2D eigenvalue weighted by atomic mass is 32.2. The Bertz CT molecular complexity index is 871. The van der Waals surface area contributed by atoms with E-state index in [0.29, 0.717) is 6.04 Å². The molecule has 0 amide bonds. The number of aromatic nitrogens is 2. The van der Waals surface area contributed by atoms with Crippen LogP contribution >= 0.6 is 11.8 Å². The minimum atomic E-state index is 0.199. The smallest absolute Gasteiger partial charge is 0.227 e. The lowest BCUT2D eigenvalue weighted by molar-refractivity contribution is 0.461. The second kappa shape index (κ2) is 8.29. The van der Waals surface area contributed by atoms with Gasteiger partial charge in [-0.2, -0.15) is 4.98 Å². The predicted molar refractivity (Wildman–Crippen MR) is 127 cm³/mol. The average molecular weight is 424 g/mol. The number of hydrogen-bond donors (Lipinski definition) is 1. The van der Waals surface area contributed by atoms with Gasteiger partial charge in [-0.3, -0.25) is 0 Å². The third-order valence-electron chi connectivity index (χ3n) is 6.53. The van der Waals surface area contributed by atoms with Crippen molar-refractivity contribution < 1.29 is 0 Å². The van der Waals surface area contributed by atoms with Crippen molar-refractivity contribution in [1.82, 2.24) is 9.97 Å². The molecule has 1 aliphatic carbocycles. The van der Waals surface area contributed by atoms with E-state index in [9.17, 15) is 0 Å². The van der Waals surface area contributed by atoms with Crippen molar-refractivity contribution in [2.45, 2.75) is 68.1 Å². The molecule has 2 fully saturated rings. The molecule has 3 heterocycles. The second-order valence-electron chi connectivity index (χ2n) is 9.48. The van der Waals surface area contributed by atoms with E-state index in [2.05, 4.69) is 59.3 Å². The Labute approximate surface area is 184 Å². The summed E-state index contributed by atoms with van der Waals surface area (Å²) in [6, 6.07) is 11.3. The lowest BCUT2D eigenvalue weighted by atomic mass is 9.95. The fraction of sp³-hybridized carbons (Fsp3) is 0.583. The van der Waals surface area contributed by atoms with E-state index in [1.54, 1.807) is 0 Å². The highest BCUT2D eigenvalue weighted by Crippen LogP contribution is 2.47. The van der Waals surface area contributed by atoms with Crippen molar-refractivity contribution >= 4 is 29.2 Å². The topological polar surface area (TPSA) is 44.3 Å². The fourth-order valence-electron chi connectivity index (χ4n) is 4.91. The third kappa shape index (κ3) is 4.25. The van der Waals surface area contributed by atoms with E-state index in [4.69, 9.17) is 9.97 Å². The van der Waals surface area contributed by atoms with Gasteiger partial charge < -0.3 is 15.1 Å². The first-order valence-corrected chi connectivity index (χ1v) is 12.3. The van der Waals surface area contributed by atoms with Crippen LogP contribution in [0.3, 0.4) is 0 Å². The molecule has 30 heavy (non-hydrogen) atoms. The van der Waals surface area contributed by atoms with Crippen LogP contribution in [0.5, 0.6) is 0 Å². The van der Waals surface area contributed by atoms with Gasteiger partial charge in [-0.05, 0) is 38.8 Å². The van der Waals surface area contributed by atoms with Gasteiger partial charge in [0.1, 0.15) is 5.82 Å². The van der Waals surface area contributed by atoms with Crippen molar-refractivity contribution in [1.29, 1.82) is 0 Å². The average Bonchev–Trinajstić information content (AvgIpc) is 3.09. The zero-order valence-corrected chi connectivity index (χ0v) is 19.0. The van der Waals surface area contributed by atoms with E-state index in [1.165, 1.54) is 48.4 Å². The molecule has 0 unspecified atom stereocenters. The summed E-state index contributed by atoms with van der Waals surface area (Å²) in [5.41, 5.74) is 2.55. The zero-order valence-electron chi connectivity index (χ0n) is 18.2. The van der Waals surface area contributed by atoms with Gasteiger partial charge in [0.05, 0.1) is 10.6 Å². The Morgan fingerprint density at radius 1 is 0.933 bits per heavy atom. The minimum Gasteiger partial charge on any atom is -0.368 e. The maximum absolute atomic E-state index is 5.09. The van der Waals surface area contributed by atoms with Crippen LogP contribution in [0.15, 0.2) is 35.2 Å². The third-order valence-corrected chi connectivity index (χ3v) is 7.86. The Kier molecular flexibility index (Phi) is 5.52. The van der Waals surface area contributed by atoms with Crippen LogP contribution < -0.4 is 15.1 Å². The molecule has 2 aromatic rings. The maximum Gasteiger partial charge on any atom is 0.227 e. The van der Waals surface area contributed by atoms with Gasteiger partial charge in [-0.1, -0.05) is 37.5 Å². The van der Waals surface area contributed by atoms with Gasteiger partial charge in [0, 0.05) is 49.1 Å². The van der Waals surface area contributed by atoms with Crippen LogP contribution in [0.2, 0.25) is 0 Å². The molecule has 1 saturated heterocycles. The van der Waals surface area contributed by atoms with Crippen molar-refractivity contribution in [2.75, 3.05) is 41.3 Å². The van der Waals surface area contributed by atoms with Crippen LogP contribution in [0.1, 0.15) is 51.6 Å². The molecule has 0 bridgehead atoms. The molecule has 0 spiro atoms. The lowest BCUT2D eigenvalue weighted by Gasteiger charge is -2.36. The van der Waals surface area contributed by atoms with Gasteiger partial charge in [0.25, 0.3) is 0 Å². The normalized spacial score (nSPS) is 21.5. The van der Waals surface area contributed by atoms with Gasteiger partial charge in [0.15, 0.2) is 0 Å². The lowest BCUT2D eigenvalue weighted by Crippen LogP contribution is -2.47. The maximum atomic E-state index is 5.09. The molecule has 1 aromatic carbocycles. The SMILES string of the molecule is CC1(C)Cc2nc(N3CCN(c4ccccc4)CC3)nc(NC3CCCCC3)c2S1. The minimum absolute atomic E-state index is 0.199. The number of rotatable bonds is 4. The Morgan fingerprint density at radius 2 is 1.63 bits per heavy atom. The molecular weight excluding hydrogens is 390 g/mol. The number of anilines is 3. The number of thioether (sulfide) groups is 1. The van der Waals surface area contributed by atoms with Crippen molar-refractivity contribution in [3.8, 4) is 0 Å². The Hall–Kier alpha value is -1.95. The quantitative estimate of drug-likeness (QED) is 0.749. The zero-order chi connectivity index (χ0) is 20.6. The summed E-state index contributed by atoms with van der Waals surface area (Å²) < 4.78 is 0.199. The second-order valence-corrected chi connectivity index (χ2v) is 11.2. The molecule has 1 N–H and O–H groups in total. The Morgan fingerprint density at radius 3 is 2.37 bits per heavy atom. The number of nitrogens with one attached hydrogen (secondary N) is 1. The number of nitrogens with zero attached hydrogens (tertiary/aromatic N) is 4. The summed E-state index contributed by atoms with van der Waals surface area (Å²) in [4.78, 5) is 16.3. The van der Waals surface area contributed by atoms with Gasteiger partial charge >= 0.3 is 0 Å². The Balaban J connectivity index is 1.36. The van der Waals surface area contributed by atoms with E-state index in [-0.39, 0.29) is 4.75 Å². The molecule has 160 valence electrons. The molecule has 2 aliphatic heterocycles. The molecule has 6 heteroatoms. The summed E-state index contributed by atoms with van der Waals surface area (Å²) in [5.74, 6) is 2.00. The van der Waals surface area contributed by atoms with Crippen LogP contribution in [0.25, 0.3) is 0 Å². The van der Waals surface area contributed by atoms with Crippen molar-refractivity contribution in [2.24, 2.45) is 0 Å². The van der Waals surface area contributed by atoms with Crippen LogP contribution in [0, 0.1) is 0 Å². The van der Waals surface area contributed by atoms with Crippen LogP contribution in [0.4, 0.5) is 17.5 Å². The summed E-state index contributed by atoms with van der Waals surface area (Å²) in [6.07, 6.45) is 7.58. The first kappa shape index (κ1) is 20.0. The van der Waals surface area contributed by atoms with Crippen molar-refractivity contribution in [3.05, 3.63) is 36.0 Å². The first-order valence-electron chi connectivity index (χ1n) is 11.5. The van der Waals surface area contributed by atoms with Gasteiger partial charge in [-0.25, -0.2) is 4.98 Å². The van der Waals surface area contributed by atoms with E-state index in [1.807, 2.05) is 11.8 Å². The summed E-state index contributed by atoms with van der Waals surface area (Å²) in [6.45, 7) is 8.59. The van der Waals surface area contributed by atoms with Crippen LogP contribution in [-0.2, 0) is 6.42 Å². The summed E-state index contributed by atoms with van der Waals surface area (Å²) >= 11 is 1.95. The molecule has 3 aliphatic rings. The van der Waals surface area contributed by atoms with Crippen molar-refractivity contribution in [3.63, 3.8) is 0 Å². The molecule has 0 radical (unpaired) electrons. The molecule has 5 nitrogen and oxygen atoms in total. The predicted octanol–water partition coefficient (Wildman–Crippen LogP) is 4.97. The number of fused-ring (bicyclic) bond motifs is 1. The molecule has 1 saturated carbocycles.